The number of hydrazone groups is 1. The van der Waals surface area contributed by atoms with Crippen molar-refractivity contribution in [2.45, 2.75) is 26.3 Å². The second kappa shape index (κ2) is 8.57. The molecule has 0 saturated heterocycles. The van der Waals surface area contributed by atoms with Crippen LogP contribution in [0.25, 0.3) is 0 Å². The summed E-state index contributed by atoms with van der Waals surface area (Å²) in [4.78, 5) is 27.7. The zero-order chi connectivity index (χ0) is 17.4. The van der Waals surface area contributed by atoms with Gasteiger partial charge in [-0.1, -0.05) is 30.3 Å². The van der Waals surface area contributed by atoms with E-state index in [9.17, 15) is 9.59 Å². The molecule has 0 radical (unpaired) electrons. The number of benzene rings is 1. The van der Waals surface area contributed by atoms with Gasteiger partial charge < -0.3 is 5.32 Å². The van der Waals surface area contributed by atoms with Gasteiger partial charge in [-0.3, -0.25) is 14.6 Å². The molecule has 0 spiro atoms. The molecule has 6 nitrogen and oxygen atoms in total. The standard InChI is InChI=1S/C18H20N4O2/c1-13(21-22-18(24)16-9-6-10-19-12-16)11-17(23)20-14(2)15-7-4-3-5-8-15/h3-10,12,14H,11H2,1-2H3,(H,20,23)(H,22,24)/b21-13+. The number of amides is 2. The lowest BCUT2D eigenvalue weighted by Gasteiger charge is -2.14. The molecule has 24 heavy (non-hydrogen) atoms. The van der Waals surface area contributed by atoms with Crippen LogP contribution in [0, 0.1) is 0 Å². The fourth-order valence-electron chi connectivity index (χ4n) is 2.10. The van der Waals surface area contributed by atoms with Gasteiger partial charge in [0.1, 0.15) is 0 Å². The van der Waals surface area contributed by atoms with Crippen molar-refractivity contribution in [2.24, 2.45) is 5.10 Å². The summed E-state index contributed by atoms with van der Waals surface area (Å²) >= 11 is 0. The maximum Gasteiger partial charge on any atom is 0.272 e. The quantitative estimate of drug-likeness (QED) is 0.632. The molecule has 6 heteroatoms. The zero-order valence-electron chi connectivity index (χ0n) is 13.7. The number of carbonyl (C=O) groups is 2. The normalized spacial score (nSPS) is 12.3. The molecule has 0 bridgehead atoms. The van der Waals surface area contributed by atoms with Crippen LogP contribution in [-0.2, 0) is 4.79 Å². The highest BCUT2D eigenvalue weighted by Gasteiger charge is 2.10. The lowest BCUT2D eigenvalue weighted by Crippen LogP contribution is -2.28. The molecule has 2 aromatic rings. The van der Waals surface area contributed by atoms with Gasteiger partial charge in [0.05, 0.1) is 18.0 Å². The number of aromatic nitrogens is 1. The maximum absolute atomic E-state index is 12.0. The molecule has 1 heterocycles. The Morgan fingerprint density at radius 1 is 1.17 bits per heavy atom. The van der Waals surface area contributed by atoms with E-state index in [1.807, 2.05) is 37.3 Å². The Labute approximate surface area is 141 Å². The number of hydrogen-bond acceptors (Lipinski definition) is 4. The van der Waals surface area contributed by atoms with E-state index >= 15 is 0 Å². The van der Waals surface area contributed by atoms with Gasteiger partial charge in [-0.25, -0.2) is 5.43 Å². The van der Waals surface area contributed by atoms with E-state index in [-0.39, 0.29) is 24.3 Å². The van der Waals surface area contributed by atoms with Gasteiger partial charge in [0.25, 0.3) is 5.91 Å². The second-order valence-corrected chi connectivity index (χ2v) is 5.41. The first kappa shape index (κ1) is 17.3. The summed E-state index contributed by atoms with van der Waals surface area (Å²) in [6.07, 6.45) is 3.16. The first-order chi connectivity index (χ1) is 11.6. The van der Waals surface area contributed by atoms with Gasteiger partial charge in [0.15, 0.2) is 0 Å². The van der Waals surface area contributed by atoms with Crippen LogP contribution in [0.3, 0.4) is 0 Å². The van der Waals surface area contributed by atoms with Crippen molar-refractivity contribution >= 4 is 17.5 Å². The van der Waals surface area contributed by atoms with Crippen LogP contribution < -0.4 is 10.7 Å². The van der Waals surface area contributed by atoms with E-state index in [1.165, 1.54) is 6.20 Å². The van der Waals surface area contributed by atoms with E-state index in [0.717, 1.165) is 5.56 Å². The van der Waals surface area contributed by atoms with E-state index in [2.05, 4.69) is 20.8 Å². The maximum atomic E-state index is 12.0. The Morgan fingerprint density at radius 3 is 2.58 bits per heavy atom. The highest BCUT2D eigenvalue weighted by Crippen LogP contribution is 2.11. The first-order valence-corrected chi connectivity index (χ1v) is 7.64. The van der Waals surface area contributed by atoms with Gasteiger partial charge in [-0.05, 0) is 31.5 Å². The Bertz CT molecular complexity index is 714. The third-order valence-electron chi connectivity index (χ3n) is 3.37. The van der Waals surface area contributed by atoms with Crippen LogP contribution in [0.15, 0.2) is 60.0 Å². The van der Waals surface area contributed by atoms with E-state index in [0.29, 0.717) is 11.3 Å². The first-order valence-electron chi connectivity index (χ1n) is 7.64. The summed E-state index contributed by atoms with van der Waals surface area (Å²) in [5.41, 5.74) is 4.38. The summed E-state index contributed by atoms with van der Waals surface area (Å²) in [6, 6.07) is 12.9. The predicted octanol–water partition coefficient (Wildman–Crippen LogP) is 2.45. The summed E-state index contributed by atoms with van der Waals surface area (Å²) in [5.74, 6) is -0.510. The largest absolute Gasteiger partial charge is 0.349 e. The van der Waals surface area contributed by atoms with E-state index in [4.69, 9.17) is 0 Å². The van der Waals surface area contributed by atoms with E-state index in [1.54, 1.807) is 25.3 Å². The number of nitrogens with one attached hydrogen (secondary N) is 2. The number of pyridine rings is 1. The van der Waals surface area contributed by atoms with Crippen molar-refractivity contribution in [3.63, 3.8) is 0 Å². The Kier molecular flexibility index (Phi) is 6.19. The van der Waals surface area contributed by atoms with Crippen LogP contribution in [0.4, 0.5) is 0 Å². The smallest absolute Gasteiger partial charge is 0.272 e. The summed E-state index contributed by atoms with van der Waals surface area (Å²) in [7, 11) is 0. The van der Waals surface area contributed by atoms with Crippen molar-refractivity contribution in [3.05, 3.63) is 66.0 Å². The monoisotopic (exact) mass is 324 g/mol. The van der Waals surface area contributed by atoms with Crippen molar-refractivity contribution < 1.29 is 9.59 Å². The fraction of sp³-hybridized carbons (Fsp3) is 0.222. The molecule has 2 rings (SSSR count). The summed E-state index contributed by atoms with van der Waals surface area (Å²) in [5, 5.41) is 6.85. The zero-order valence-corrected chi connectivity index (χ0v) is 13.7. The van der Waals surface area contributed by atoms with Crippen LogP contribution in [-0.4, -0.2) is 22.5 Å². The topological polar surface area (TPSA) is 83.5 Å². The molecule has 1 atom stereocenters. The molecule has 1 aromatic heterocycles. The molecule has 2 amide bonds. The van der Waals surface area contributed by atoms with Crippen LogP contribution in [0.1, 0.15) is 42.2 Å². The van der Waals surface area contributed by atoms with Crippen molar-refractivity contribution in [1.29, 1.82) is 0 Å². The molecule has 0 aliphatic rings. The van der Waals surface area contributed by atoms with Crippen LogP contribution in [0.2, 0.25) is 0 Å². The minimum absolute atomic E-state index is 0.0866. The molecule has 2 N–H and O–H groups in total. The average Bonchev–Trinajstić information content (AvgIpc) is 2.61. The summed E-state index contributed by atoms with van der Waals surface area (Å²) in [6.45, 7) is 3.61. The second-order valence-electron chi connectivity index (χ2n) is 5.41. The third kappa shape index (κ3) is 5.31. The van der Waals surface area contributed by atoms with Gasteiger partial charge in [-0.15, -0.1) is 0 Å². The Hall–Kier alpha value is -3.02. The van der Waals surface area contributed by atoms with Crippen molar-refractivity contribution in [3.8, 4) is 0 Å². The highest BCUT2D eigenvalue weighted by molar-refractivity contribution is 6.01. The van der Waals surface area contributed by atoms with Crippen molar-refractivity contribution in [1.82, 2.24) is 15.7 Å². The number of rotatable bonds is 6. The highest BCUT2D eigenvalue weighted by atomic mass is 16.2. The lowest BCUT2D eigenvalue weighted by atomic mass is 10.1. The fourth-order valence-corrected chi connectivity index (χ4v) is 2.10. The number of carbonyl (C=O) groups excluding carboxylic acids is 2. The Morgan fingerprint density at radius 2 is 1.92 bits per heavy atom. The third-order valence-corrected chi connectivity index (χ3v) is 3.37. The number of nitrogens with zero attached hydrogens (tertiary/aromatic N) is 2. The summed E-state index contributed by atoms with van der Waals surface area (Å²) < 4.78 is 0. The molecule has 1 aromatic carbocycles. The molecule has 0 aliphatic carbocycles. The van der Waals surface area contributed by atoms with Crippen molar-refractivity contribution in [2.75, 3.05) is 0 Å². The Balaban J connectivity index is 1.84. The molecule has 124 valence electrons. The molecule has 0 saturated carbocycles. The lowest BCUT2D eigenvalue weighted by molar-refractivity contribution is -0.120. The van der Waals surface area contributed by atoms with Gasteiger partial charge in [-0.2, -0.15) is 5.10 Å². The minimum atomic E-state index is -0.361. The average molecular weight is 324 g/mol. The molecular weight excluding hydrogens is 304 g/mol. The number of hydrogen-bond donors (Lipinski definition) is 2. The predicted molar refractivity (Wildman–Crippen MR) is 92.4 cm³/mol. The van der Waals surface area contributed by atoms with Gasteiger partial charge >= 0.3 is 0 Å². The molecule has 0 fully saturated rings. The molecule has 0 aliphatic heterocycles. The molecule has 1 unspecified atom stereocenters. The van der Waals surface area contributed by atoms with E-state index < -0.39 is 0 Å². The molecular formula is C18H20N4O2. The minimum Gasteiger partial charge on any atom is -0.349 e. The van der Waals surface area contributed by atoms with Gasteiger partial charge in [0.2, 0.25) is 5.91 Å². The SMILES string of the molecule is C/C(CC(=O)NC(C)c1ccccc1)=N\NC(=O)c1cccnc1. The van der Waals surface area contributed by atoms with Crippen LogP contribution >= 0.6 is 0 Å². The van der Waals surface area contributed by atoms with Gasteiger partial charge in [0, 0.05) is 18.1 Å². The van der Waals surface area contributed by atoms with Crippen LogP contribution in [0.5, 0.6) is 0 Å².